The average molecular weight is 450 g/mol. The molecule has 1 N–H and O–H groups in total. The Morgan fingerprint density at radius 3 is 1.35 bits per heavy atom. The summed E-state index contributed by atoms with van der Waals surface area (Å²) in [7, 11) is -6.34. The fourth-order valence-corrected chi connectivity index (χ4v) is 8.98. The third kappa shape index (κ3) is 4.30. The van der Waals surface area contributed by atoms with Crippen LogP contribution < -0.4 is 0 Å². The molecule has 0 aliphatic carbocycles. The topological polar surface area (TPSA) is 46.9 Å². The standard InChI is InChI=1S/C26H24O3S2/c1-2-22-18-20-25(21-19-22)30(23-12-6-3-7-13-23,24-14-8-4-9-15-24)29-31(27,28)26-16-10-5-11-17-26/h3-21H,2H2,1H3/p+1. The van der Waals surface area contributed by atoms with Crippen LogP contribution in [-0.4, -0.2) is 12.0 Å². The van der Waals surface area contributed by atoms with E-state index in [1.807, 2.05) is 72.8 Å². The predicted molar refractivity (Wildman–Crippen MR) is 127 cm³/mol. The quantitative estimate of drug-likeness (QED) is 0.227. The Labute approximate surface area is 186 Å². The second-order valence-electron chi connectivity index (χ2n) is 7.07. The van der Waals surface area contributed by atoms with E-state index in [1.165, 1.54) is 5.56 Å². The van der Waals surface area contributed by atoms with E-state index in [4.69, 9.17) is 3.63 Å². The van der Waals surface area contributed by atoms with E-state index in [0.29, 0.717) is 0 Å². The molecule has 4 aromatic carbocycles. The molecule has 0 saturated carbocycles. The molecule has 0 unspecified atom stereocenters. The fourth-order valence-electron chi connectivity index (χ4n) is 3.48. The highest BCUT2D eigenvalue weighted by molar-refractivity contribution is 8.32. The molecule has 4 rings (SSSR count). The molecule has 0 spiro atoms. The van der Waals surface area contributed by atoms with Crippen molar-refractivity contribution in [2.24, 2.45) is 0 Å². The highest BCUT2D eigenvalue weighted by Crippen LogP contribution is 2.68. The van der Waals surface area contributed by atoms with Gasteiger partial charge in [0.2, 0.25) is 0 Å². The van der Waals surface area contributed by atoms with E-state index in [2.05, 4.69) is 19.1 Å². The first-order valence-corrected chi connectivity index (χ1v) is 13.2. The Hall–Kier alpha value is -2.86. The lowest BCUT2D eigenvalue weighted by molar-refractivity contribution is 0.387. The van der Waals surface area contributed by atoms with Crippen molar-refractivity contribution in [2.45, 2.75) is 32.9 Å². The zero-order valence-corrected chi connectivity index (χ0v) is 18.9. The van der Waals surface area contributed by atoms with Crippen molar-refractivity contribution in [3.8, 4) is 0 Å². The summed E-state index contributed by atoms with van der Waals surface area (Å²) in [5.41, 5.74) is 1.20. The van der Waals surface area contributed by atoms with Crippen LogP contribution in [0.5, 0.6) is 0 Å². The SMILES string of the molecule is CCc1ccc(S([OH+]S(=O)(=O)c2ccccc2)(c2ccccc2)c2ccccc2)cc1. The van der Waals surface area contributed by atoms with Crippen LogP contribution in [0.25, 0.3) is 0 Å². The smallest absolute Gasteiger partial charge is 0.258 e. The summed E-state index contributed by atoms with van der Waals surface area (Å²) in [6.45, 7) is 2.10. The van der Waals surface area contributed by atoms with Crippen molar-refractivity contribution >= 4 is 20.4 Å². The van der Waals surface area contributed by atoms with Gasteiger partial charge in [0.15, 0.2) is 0 Å². The van der Waals surface area contributed by atoms with Gasteiger partial charge in [0.25, 0.3) is 0 Å². The summed E-state index contributed by atoms with van der Waals surface area (Å²) >= 11 is 0. The second-order valence-corrected chi connectivity index (χ2v) is 11.7. The van der Waals surface area contributed by atoms with E-state index in [0.717, 1.165) is 21.1 Å². The summed E-state index contributed by atoms with van der Waals surface area (Å²) in [5, 5.41) is 0. The number of hydrogen-bond donors (Lipinski definition) is 0. The molecule has 0 fully saturated rings. The van der Waals surface area contributed by atoms with E-state index in [-0.39, 0.29) is 4.90 Å². The van der Waals surface area contributed by atoms with Crippen molar-refractivity contribution in [3.63, 3.8) is 0 Å². The first kappa shape index (κ1) is 21.4. The van der Waals surface area contributed by atoms with Crippen LogP contribution in [0, 0.1) is 0 Å². The third-order valence-electron chi connectivity index (χ3n) is 5.09. The van der Waals surface area contributed by atoms with Crippen LogP contribution in [0.2, 0.25) is 0 Å². The minimum atomic E-state index is -3.92. The van der Waals surface area contributed by atoms with Gasteiger partial charge in [-0.15, -0.1) is 8.42 Å². The second kappa shape index (κ2) is 9.10. The lowest BCUT2D eigenvalue weighted by atomic mass is 10.2. The number of aryl methyl sites for hydroxylation is 1. The molecule has 4 aromatic rings. The average Bonchev–Trinajstić information content (AvgIpc) is 2.84. The molecule has 31 heavy (non-hydrogen) atoms. The van der Waals surface area contributed by atoms with Gasteiger partial charge in [0.1, 0.15) is 4.90 Å². The van der Waals surface area contributed by atoms with Crippen molar-refractivity contribution < 1.29 is 12.0 Å². The maximum absolute atomic E-state index is 13.5. The molecule has 0 aliphatic rings. The molecular formula is C26H25O3S2+. The predicted octanol–water partition coefficient (Wildman–Crippen LogP) is 6.93. The van der Waals surface area contributed by atoms with Crippen LogP contribution in [-0.2, 0) is 16.5 Å². The molecule has 0 atom stereocenters. The normalized spacial score (nSPS) is 12.4. The molecule has 0 heterocycles. The number of benzene rings is 4. The Kier molecular flexibility index (Phi) is 6.28. The molecule has 158 valence electrons. The van der Waals surface area contributed by atoms with Crippen molar-refractivity contribution in [2.75, 3.05) is 0 Å². The van der Waals surface area contributed by atoms with Crippen molar-refractivity contribution in [1.29, 1.82) is 0 Å². The molecule has 0 amide bonds. The fraction of sp³-hybridized carbons (Fsp3) is 0.0769. The van der Waals surface area contributed by atoms with E-state index in [9.17, 15) is 8.42 Å². The maximum Gasteiger partial charge on any atom is 0.422 e. The summed E-state index contributed by atoms with van der Waals surface area (Å²) in [5.74, 6) is 0. The molecule has 3 nitrogen and oxygen atoms in total. The maximum atomic E-state index is 13.5. The number of hydrogen-bond acceptors (Lipinski definition) is 2. The summed E-state index contributed by atoms with van der Waals surface area (Å²) in [6.07, 6.45) is 0.915. The molecule has 0 radical (unpaired) electrons. The van der Waals surface area contributed by atoms with Crippen LogP contribution in [0.15, 0.2) is 135 Å². The van der Waals surface area contributed by atoms with Gasteiger partial charge in [-0.25, -0.2) is 0 Å². The first-order chi connectivity index (χ1) is 15.1. The van der Waals surface area contributed by atoms with Gasteiger partial charge >= 0.3 is 10.1 Å². The Balaban J connectivity index is 2.00. The summed E-state index contributed by atoms with van der Waals surface area (Å²) < 4.78 is 31.8. The highest BCUT2D eigenvalue weighted by Gasteiger charge is 2.43. The van der Waals surface area contributed by atoms with Gasteiger partial charge in [-0.05, 0) is 60.5 Å². The molecule has 0 aliphatic heterocycles. The third-order valence-corrected chi connectivity index (χ3v) is 10.5. The van der Waals surface area contributed by atoms with Gasteiger partial charge in [-0.1, -0.05) is 73.7 Å². The van der Waals surface area contributed by atoms with Crippen LogP contribution in [0.3, 0.4) is 0 Å². The van der Waals surface area contributed by atoms with Crippen molar-refractivity contribution in [1.82, 2.24) is 0 Å². The lowest BCUT2D eigenvalue weighted by Gasteiger charge is -2.34. The van der Waals surface area contributed by atoms with E-state index < -0.39 is 20.4 Å². The first-order valence-electron chi connectivity index (χ1n) is 10.1. The van der Waals surface area contributed by atoms with Gasteiger partial charge in [-0.2, -0.15) is 0 Å². The lowest BCUT2D eigenvalue weighted by Crippen LogP contribution is -2.18. The summed E-state index contributed by atoms with van der Waals surface area (Å²) in [4.78, 5) is 2.85. The van der Waals surface area contributed by atoms with Crippen LogP contribution in [0.4, 0.5) is 0 Å². The van der Waals surface area contributed by atoms with E-state index in [1.54, 1.807) is 30.3 Å². The molecule has 5 heteroatoms. The Bertz CT molecular complexity index is 1180. The summed E-state index contributed by atoms with van der Waals surface area (Å²) in [6, 6.07) is 36.1. The highest BCUT2D eigenvalue weighted by atomic mass is 32.3. The monoisotopic (exact) mass is 449 g/mol. The van der Waals surface area contributed by atoms with Gasteiger partial charge in [-0.3, -0.25) is 3.63 Å². The zero-order valence-electron chi connectivity index (χ0n) is 17.3. The minimum Gasteiger partial charge on any atom is -0.258 e. The largest absolute Gasteiger partial charge is 0.422 e. The van der Waals surface area contributed by atoms with E-state index >= 15 is 0 Å². The van der Waals surface area contributed by atoms with Gasteiger partial charge < -0.3 is 0 Å². The van der Waals surface area contributed by atoms with Crippen LogP contribution in [0.1, 0.15) is 12.5 Å². The molecule has 0 bridgehead atoms. The van der Waals surface area contributed by atoms with Gasteiger partial charge in [0, 0.05) is 0 Å². The minimum absolute atomic E-state index is 0.198. The number of rotatable bonds is 7. The van der Waals surface area contributed by atoms with Crippen LogP contribution >= 0.6 is 10.3 Å². The van der Waals surface area contributed by atoms with Gasteiger partial charge in [0.05, 0.1) is 25.0 Å². The molecular weight excluding hydrogens is 424 g/mol. The Morgan fingerprint density at radius 1 is 0.548 bits per heavy atom. The van der Waals surface area contributed by atoms with Crippen molar-refractivity contribution in [3.05, 3.63) is 121 Å². The Morgan fingerprint density at radius 2 is 0.935 bits per heavy atom. The zero-order chi connectivity index (χ0) is 21.7. The molecule has 0 aromatic heterocycles. The molecule has 0 saturated heterocycles.